The van der Waals surface area contributed by atoms with E-state index in [4.69, 9.17) is 33.7 Å². The quantitative estimate of drug-likeness (QED) is 0.925. The second-order valence-electron chi connectivity index (χ2n) is 3.27. The van der Waals surface area contributed by atoms with Gasteiger partial charge in [-0.15, -0.1) is 11.3 Å². The Kier molecular flexibility index (Phi) is 3.76. The minimum atomic E-state index is 0.473. The number of nitrogens with zero attached hydrogens (tertiary/aromatic N) is 1. The van der Waals surface area contributed by atoms with E-state index in [0.717, 1.165) is 11.3 Å². The van der Waals surface area contributed by atoms with Gasteiger partial charge in [0.2, 0.25) is 0 Å². The van der Waals surface area contributed by atoms with Crippen LogP contribution in [0.5, 0.6) is 5.75 Å². The molecule has 1 aromatic heterocycles. The predicted octanol–water partition coefficient (Wildman–Crippen LogP) is 4.10. The van der Waals surface area contributed by atoms with Gasteiger partial charge in [-0.2, -0.15) is 0 Å². The first kappa shape index (κ1) is 12.5. The molecule has 0 bridgehead atoms. The number of anilines is 1. The van der Waals surface area contributed by atoms with Gasteiger partial charge in [0.15, 0.2) is 5.13 Å². The Hall–Kier alpha value is -0.970. The first-order valence-electron chi connectivity index (χ1n) is 4.95. The van der Waals surface area contributed by atoms with E-state index in [1.807, 2.05) is 12.3 Å². The molecule has 3 nitrogen and oxygen atoms in total. The first-order chi connectivity index (χ1) is 8.11. The molecule has 0 radical (unpaired) electrons. The Morgan fingerprint density at radius 1 is 1.41 bits per heavy atom. The van der Waals surface area contributed by atoms with Crippen molar-refractivity contribution in [1.82, 2.24) is 4.98 Å². The van der Waals surface area contributed by atoms with Gasteiger partial charge in [-0.1, -0.05) is 23.2 Å². The number of rotatable bonds is 3. The summed E-state index contributed by atoms with van der Waals surface area (Å²) >= 11 is 13.5. The molecule has 0 amide bonds. The molecule has 0 spiro atoms. The fraction of sp³-hybridized carbons (Fsp3) is 0.182. The van der Waals surface area contributed by atoms with Crippen molar-refractivity contribution in [1.29, 1.82) is 0 Å². The van der Waals surface area contributed by atoms with E-state index in [-0.39, 0.29) is 0 Å². The number of hydrogen-bond donors (Lipinski definition) is 1. The molecule has 0 fully saturated rings. The lowest BCUT2D eigenvalue weighted by Crippen LogP contribution is -1.95. The minimum absolute atomic E-state index is 0.473. The summed E-state index contributed by atoms with van der Waals surface area (Å²) in [7, 11) is 0. The van der Waals surface area contributed by atoms with Crippen LogP contribution in [0.1, 0.15) is 6.92 Å². The summed E-state index contributed by atoms with van der Waals surface area (Å²) in [4.78, 5) is 4.21. The summed E-state index contributed by atoms with van der Waals surface area (Å²) in [6, 6.07) is 3.42. The third-order valence-electron chi connectivity index (χ3n) is 2.09. The monoisotopic (exact) mass is 288 g/mol. The Bertz CT molecular complexity index is 542. The summed E-state index contributed by atoms with van der Waals surface area (Å²) in [5, 5.41) is 3.36. The number of ether oxygens (including phenoxy) is 1. The minimum Gasteiger partial charge on any atom is -0.492 e. The molecule has 1 heterocycles. The predicted molar refractivity (Wildman–Crippen MR) is 73.2 cm³/mol. The van der Waals surface area contributed by atoms with Gasteiger partial charge in [0.1, 0.15) is 5.75 Å². The van der Waals surface area contributed by atoms with Crippen LogP contribution >= 0.6 is 34.5 Å². The maximum atomic E-state index is 6.11. The van der Waals surface area contributed by atoms with Crippen LogP contribution in [-0.2, 0) is 0 Å². The molecule has 2 aromatic rings. The van der Waals surface area contributed by atoms with Gasteiger partial charge < -0.3 is 10.5 Å². The second kappa shape index (κ2) is 5.12. The zero-order valence-electron chi connectivity index (χ0n) is 9.04. The zero-order chi connectivity index (χ0) is 12.4. The van der Waals surface area contributed by atoms with Crippen LogP contribution in [0.25, 0.3) is 11.3 Å². The van der Waals surface area contributed by atoms with E-state index in [1.54, 1.807) is 12.1 Å². The summed E-state index contributed by atoms with van der Waals surface area (Å²) < 4.78 is 5.52. The number of hydrogen-bond acceptors (Lipinski definition) is 4. The van der Waals surface area contributed by atoms with Crippen LogP contribution in [-0.4, -0.2) is 11.6 Å². The lowest BCUT2D eigenvalue weighted by atomic mass is 10.1. The Labute approximate surface area is 113 Å². The fourth-order valence-corrected chi connectivity index (χ4v) is 2.56. The molecule has 1 aromatic carbocycles. The Balaban J connectivity index is 2.58. The van der Waals surface area contributed by atoms with Crippen molar-refractivity contribution in [3.63, 3.8) is 0 Å². The van der Waals surface area contributed by atoms with Gasteiger partial charge in [0.05, 0.1) is 17.3 Å². The van der Waals surface area contributed by atoms with Crippen molar-refractivity contribution in [2.24, 2.45) is 0 Å². The zero-order valence-corrected chi connectivity index (χ0v) is 11.4. The highest BCUT2D eigenvalue weighted by Gasteiger charge is 2.14. The average Bonchev–Trinajstić information content (AvgIpc) is 2.68. The molecule has 2 rings (SSSR count). The lowest BCUT2D eigenvalue weighted by Gasteiger charge is -2.11. The molecule has 0 aliphatic carbocycles. The summed E-state index contributed by atoms with van der Waals surface area (Å²) in [5.41, 5.74) is 7.10. The maximum Gasteiger partial charge on any atom is 0.180 e. The summed E-state index contributed by atoms with van der Waals surface area (Å²) in [6.45, 7) is 2.41. The van der Waals surface area contributed by atoms with Gasteiger partial charge in [0.25, 0.3) is 0 Å². The molecular weight excluding hydrogens is 279 g/mol. The van der Waals surface area contributed by atoms with Crippen LogP contribution in [0, 0.1) is 0 Å². The largest absolute Gasteiger partial charge is 0.492 e. The van der Waals surface area contributed by atoms with Crippen LogP contribution < -0.4 is 10.5 Å². The van der Waals surface area contributed by atoms with Crippen LogP contribution in [0.3, 0.4) is 0 Å². The standard InChI is InChI=1S/C11H10Cl2N2OS/c1-2-16-10-7(3-6(12)4-8(10)13)9-5-17-11(14)15-9/h3-5H,2H2,1H3,(H2,14,15). The number of thiazole rings is 1. The number of nitrogens with two attached hydrogens (primary N) is 1. The van der Waals surface area contributed by atoms with Crippen LogP contribution in [0.4, 0.5) is 5.13 Å². The van der Waals surface area contributed by atoms with Crippen LogP contribution in [0.15, 0.2) is 17.5 Å². The molecule has 0 saturated carbocycles. The smallest absolute Gasteiger partial charge is 0.180 e. The van der Waals surface area contributed by atoms with E-state index < -0.39 is 0 Å². The van der Waals surface area contributed by atoms with E-state index >= 15 is 0 Å². The van der Waals surface area contributed by atoms with Gasteiger partial charge in [0, 0.05) is 16.0 Å². The molecule has 0 atom stereocenters. The number of benzene rings is 1. The number of halogens is 2. The molecule has 0 aliphatic rings. The van der Waals surface area contributed by atoms with Crippen molar-refractivity contribution in [3.05, 3.63) is 27.6 Å². The lowest BCUT2D eigenvalue weighted by molar-refractivity contribution is 0.342. The maximum absolute atomic E-state index is 6.11. The Morgan fingerprint density at radius 2 is 2.18 bits per heavy atom. The van der Waals surface area contributed by atoms with Gasteiger partial charge in [-0.25, -0.2) is 4.98 Å². The number of nitrogen functional groups attached to an aromatic ring is 1. The second-order valence-corrected chi connectivity index (χ2v) is 5.00. The van der Waals surface area contributed by atoms with E-state index in [0.29, 0.717) is 27.5 Å². The highest BCUT2D eigenvalue weighted by atomic mass is 35.5. The van der Waals surface area contributed by atoms with Crippen molar-refractivity contribution in [3.8, 4) is 17.0 Å². The van der Waals surface area contributed by atoms with Crippen molar-refractivity contribution < 1.29 is 4.74 Å². The molecule has 90 valence electrons. The molecule has 2 N–H and O–H groups in total. The van der Waals surface area contributed by atoms with E-state index in [1.165, 1.54) is 11.3 Å². The third kappa shape index (κ3) is 2.65. The molecule has 6 heteroatoms. The van der Waals surface area contributed by atoms with Crippen molar-refractivity contribution in [2.45, 2.75) is 6.92 Å². The third-order valence-corrected chi connectivity index (χ3v) is 3.27. The molecular formula is C11H10Cl2N2OS. The molecule has 0 unspecified atom stereocenters. The van der Waals surface area contributed by atoms with Crippen molar-refractivity contribution >= 4 is 39.7 Å². The average molecular weight is 289 g/mol. The molecule has 17 heavy (non-hydrogen) atoms. The summed E-state index contributed by atoms with van der Waals surface area (Å²) in [5.74, 6) is 0.587. The Morgan fingerprint density at radius 3 is 2.76 bits per heavy atom. The van der Waals surface area contributed by atoms with Gasteiger partial charge >= 0.3 is 0 Å². The normalized spacial score (nSPS) is 10.5. The van der Waals surface area contributed by atoms with Gasteiger partial charge in [-0.05, 0) is 19.1 Å². The highest BCUT2D eigenvalue weighted by Crippen LogP contribution is 2.39. The molecule has 0 saturated heterocycles. The number of aromatic nitrogens is 1. The van der Waals surface area contributed by atoms with E-state index in [9.17, 15) is 0 Å². The highest BCUT2D eigenvalue weighted by molar-refractivity contribution is 7.13. The fourth-order valence-electron chi connectivity index (χ4n) is 1.45. The first-order valence-corrected chi connectivity index (χ1v) is 6.58. The molecule has 0 aliphatic heterocycles. The SMILES string of the molecule is CCOc1c(Cl)cc(Cl)cc1-c1csc(N)n1. The van der Waals surface area contributed by atoms with Crippen LogP contribution in [0.2, 0.25) is 10.0 Å². The summed E-state index contributed by atoms with van der Waals surface area (Å²) in [6.07, 6.45) is 0. The van der Waals surface area contributed by atoms with Gasteiger partial charge in [-0.3, -0.25) is 0 Å². The van der Waals surface area contributed by atoms with E-state index in [2.05, 4.69) is 4.98 Å². The topological polar surface area (TPSA) is 48.1 Å². The van der Waals surface area contributed by atoms with Crippen molar-refractivity contribution in [2.75, 3.05) is 12.3 Å².